The van der Waals surface area contributed by atoms with Gasteiger partial charge < -0.3 is 20.3 Å². The summed E-state index contributed by atoms with van der Waals surface area (Å²) >= 11 is 1.55. The molecule has 1 aliphatic rings. The normalized spacial score (nSPS) is 14.2. The smallest absolute Gasteiger partial charge is 0.232 e. The standard InChI is InChI=1S/C20H24N8OS/c1-13(2)29-14-3-4-16(21)15(9-14)19(22)17-10-18(24-11-23-17)27-5-7-28(8-6-27)20-26-25-12-30-20/h3-4,9-13,22H,5-8,21H2,1-2H3/p+1. The molecule has 0 unspecified atom stereocenters. The Morgan fingerprint density at radius 1 is 1.13 bits per heavy atom. The van der Waals surface area contributed by atoms with Crippen LogP contribution in [-0.2, 0) is 0 Å². The number of hydrogen-bond acceptors (Lipinski definition) is 9. The Hall–Kier alpha value is -3.27. The average Bonchev–Trinajstić information content (AvgIpc) is 3.29. The second kappa shape index (κ2) is 8.62. The highest BCUT2D eigenvalue weighted by Gasteiger charge is 2.22. The zero-order chi connectivity index (χ0) is 21.1. The maximum atomic E-state index is 6.45. The quantitative estimate of drug-likeness (QED) is 0.436. The summed E-state index contributed by atoms with van der Waals surface area (Å²) in [4.78, 5) is 13.3. The highest BCUT2D eigenvalue weighted by Crippen LogP contribution is 2.24. The van der Waals surface area contributed by atoms with Crippen LogP contribution in [0.25, 0.3) is 0 Å². The molecule has 4 N–H and O–H groups in total. The molecule has 156 valence electrons. The van der Waals surface area contributed by atoms with E-state index in [9.17, 15) is 0 Å². The van der Waals surface area contributed by atoms with Gasteiger partial charge in [-0.25, -0.2) is 9.97 Å². The summed E-state index contributed by atoms with van der Waals surface area (Å²) in [7, 11) is 0. The lowest BCUT2D eigenvalue weighted by Crippen LogP contribution is -2.47. The number of nitrogen functional groups attached to an aromatic ring is 1. The monoisotopic (exact) mass is 425 g/mol. The minimum absolute atomic E-state index is 0.0622. The summed E-state index contributed by atoms with van der Waals surface area (Å²) in [6.07, 6.45) is 1.60. The zero-order valence-corrected chi connectivity index (χ0v) is 17.8. The molecule has 1 aromatic carbocycles. The van der Waals surface area contributed by atoms with Crippen molar-refractivity contribution in [1.29, 1.82) is 0 Å². The van der Waals surface area contributed by atoms with E-state index in [0.29, 0.717) is 22.7 Å². The van der Waals surface area contributed by atoms with Crippen LogP contribution in [0, 0.1) is 0 Å². The number of rotatable bonds is 6. The van der Waals surface area contributed by atoms with Crippen molar-refractivity contribution in [1.82, 2.24) is 20.2 Å². The number of ether oxygens (including phenoxy) is 1. The minimum Gasteiger partial charge on any atom is -0.491 e. The van der Waals surface area contributed by atoms with Crippen LogP contribution in [0.15, 0.2) is 36.1 Å². The lowest BCUT2D eigenvalue weighted by atomic mass is 10.0. The molecule has 30 heavy (non-hydrogen) atoms. The van der Waals surface area contributed by atoms with Gasteiger partial charge in [0.25, 0.3) is 0 Å². The first-order valence-electron chi connectivity index (χ1n) is 9.78. The molecule has 9 nitrogen and oxygen atoms in total. The van der Waals surface area contributed by atoms with Gasteiger partial charge in [-0.3, -0.25) is 5.41 Å². The Labute approximate surface area is 179 Å². The van der Waals surface area contributed by atoms with Crippen LogP contribution in [0.1, 0.15) is 25.1 Å². The Morgan fingerprint density at radius 3 is 2.60 bits per heavy atom. The number of nitrogens with two attached hydrogens (primary N) is 2. The van der Waals surface area contributed by atoms with E-state index in [1.54, 1.807) is 29.2 Å². The molecule has 1 aliphatic heterocycles. The highest BCUT2D eigenvalue weighted by molar-refractivity contribution is 7.13. The van der Waals surface area contributed by atoms with Crippen LogP contribution in [0.3, 0.4) is 0 Å². The highest BCUT2D eigenvalue weighted by atomic mass is 32.1. The van der Waals surface area contributed by atoms with Crippen LogP contribution in [0.5, 0.6) is 5.75 Å². The van der Waals surface area contributed by atoms with Gasteiger partial charge in [0.2, 0.25) is 10.8 Å². The van der Waals surface area contributed by atoms with E-state index < -0.39 is 0 Å². The van der Waals surface area contributed by atoms with Gasteiger partial charge in [0.15, 0.2) is 0 Å². The van der Waals surface area contributed by atoms with E-state index in [2.05, 4.69) is 30.0 Å². The molecule has 0 amide bonds. The van der Waals surface area contributed by atoms with Gasteiger partial charge in [0.1, 0.15) is 29.1 Å². The summed E-state index contributed by atoms with van der Waals surface area (Å²) in [5, 5.41) is 15.5. The third kappa shape index (κ3) is 4.33. The number of piperazine rings is 1. The molecular weight excluding hydrogens is 400 g/mol. The lowest BCUT2D eigenvalue weighted by Gasteiger charge is -2.34. The molecular formula is C20H25N8OS+. The van der Waals surface area contributed by atoms with Crippen LogP contribution < -0.4 is 25.7 Å². The van der Waals surface area contributed by atoms with Crippen LogP contribution in [0.4, 0.5) is 16.6 Å². The Bertz CT molecular complexity index is 1020. The van der Waals surface area contributed by atoms with Gasteiger partial charge in [-0.05, 0) is 32.0 Å². The minimum atomic E-state index is 0.0622. The van der Waals surface area contributed by atoms with Gasteiger partial charge in [-0.15, -0.1) is 10.2 Å². The molecule has 0 bridgehead atoms. The van der Waals surface area contributed by atoms with E-state index in [0.717, 1.165) is 42.9 Å². The van der Waals surface area contributed by atoms with E-state index in [1.807, 2.05) is 32.0 Å². The first-order chi connectivity index (χ1) is 14.5. The predicted octanol–water partition coefficient (Wildman–Crippen LogP) is 0.621. The largest absolute Gasteiger partial charge is 0.491 e. The fraction of sp³-hybridized carbons (Fsp3) is 0.350. The maximum Gasteiger partial charge on any atom is 0.232 e. The van der Waals surface area contributed by atoms with Crippen molar-refractivity contribution in [2.75, 3.05) is 41.7 Å². The molecule has 1 saturated heterocycles. The van der Waals surface area contributed by atoms with Gasteiger partial charge in [0, 0.05) is 37.9 Å². The summed E-state index contributed by atoms with van der Waals surface area (Å²) in [6, 6.07) is 7.41. The van der Waals surface area contributed by atoms with E-state index in [1.165, 1.54) is 0 Å². The molecule has 0 atom stereocenters. The SMILES string of the molecule is CC(C)Oc1ccc(N)c(C(=[NH2+])c2cc(N3CCN(c4nncs4)CC3)ncn2)c1. The first-order valence-corrected chi connectivity index (χ1v) is 10.7. The van der Waals surface area contributed by atoms with Crippen molar-refractivity contribution in [2.24, 2.45) is 0 Å². The Morgan fingerprint density at radius 2 is 1.90 bits per heavy atom. The van der Waals surface area contributed by atoms with Gasteiger partial charge in [-0.2, -0.15) is 0 Å². The maximum absolute atomic E-state index is 6.45. The van der Waals surface area contributed by atoms with E-state index >= 15 is 0 Å². The van der Waals surface area contributed by atoms with Crippen LogP contribution >= 0.6 is 11.3 Å². The zero-order valence-electron chi connectivity index (χ0n) is 17.0. The molecule has 0 spiro atoms. The second-order valence-corrected chi connectivity index (χ2v) is 8.10. The average molecular weight is 426 g/mol. The fourth-order valence-electron chi connectivity index (χ4n) is 3.35. The molecule has 1 fully saturated rings. The summed E-state index contributed by atoms with van der Waals surface area (Å²) in [5.41, 5.74) is 10.4. The number of nitrogens with zero attached hydrogens (tertiary/aromatic N) is 6. The molecule has 4 rings (SSSR count). The van der Waals surface area contributed by atoms with Crippen molar-refractivity contribution < 1.29 is 10.1 Å². The van der Waals surface area contributed by atoms with Gasteiger partial charge >= 0.3 is 0 Å². The third-order valence-electron chi connectivity index (χ3n) is 4.84. The van der Waals surface area contributed by atoms with E-state index in [4.69, 9.17) is 15.9 Å². The van der Waals surface area contributed by atoms with Gasteiger partial charge in [-0.1, -0.05) is 11.3 Å². The number of anilines is 3. The number of aromatic nitrogens is 4. The number of benzene rings is 1. The third-order valence-corrected chi connectivity index (χ3v) is 5.59. The lowest BCUT2D eigenvalue weighted by molar-refractivity contribution is -0.111. The van der Waals surface area contributed by atoms with Crippen LogP contribution in [0.2, 0.25) is 0 Å². The molecule has 3 heterocycles. The topological polar surface area (TPSA) is 119 Å². The molecule has 2 aromatic heterocycles. The second-order valence-electron chi connectivity index (χ2n) is 7.29. The Kier molecular flexibility index (Phi) is 5.75. The van der Waals surface area contributed by atoms with Crippen molar-refractivity contribution in [3.05, 3.63) is 47.4 Å². The van der Waals surface area contributed by atoms with Crippen LogP contribution in [-0.4, -0.2) is 58.2 Å². The van der Waals surface area contributed by atoms with Crippen molar-refractivity contribution in [2.45, 2.75) is 20.0 Å². The molecule has 0 saturated carbocycles. The first kappa shape index (κ1) is 20.0. The molecule has 10 heteroatoms. The molecule has 3 aromatic rings. The van der Waals surface area contributed by atoms with Crippen molar-refractivity contribution in [3.8, 4) is 5.75 Å². The van der Waals surface area contributed by atoms with Crippen molar-refractivity contribution >= 4 is 33.7 Å². The molecule has 0 radical (unpaired) electrons. The predicted molar refractivity (Wildman–Crippen MR) is 118 cm³/mol. The summed E-state index contributed by atoms with van der Waals surface area (Å²) in [6.45, 7) is 7.32. The number of hydrogen-bond donors (Lipinski definition) is 2. The summed E-state index contributed by atoms with van der Waals surface area (Å²) in [5.74, 6) is 1.56. The summed E-state index contributed by atoms with van der Waals surface area (Å²) < 4.78 is 5.78. The fourth-order valence-corrected chi connectivity index (χ4v) is 3.97. The van der Waals surface area contributed by atoms with Crippen molar-refractivity contribution in [3.63, 3.8) is 0 Å². The Balaban J connectivity index is 1.50. The molecule has 0 aliphatic carbocycles. The van der Waals surface area contributed by atoms with E-state index in [-0.39, 0.29) is 6.10 Å². The van der Waals surface area contributed by atoms with Gasteiger partial charge in [0.05, 0.1) is 11.7 Å².